The highest BCUT2D eigenvalue weighted by Crippen LogP contribution is 2.38. The topological polar surface area (TPSA) is 101 Å². The summed E-state index contributed by atoms with van der Waals surface area (Å²) < 4.78 is 80.5. The number of alkyl halides is 3. The van der Waals surface area contributed by atoms with Gasteiger partial charge in [0.15, 0.2) is 15.6 Å². The molecular weight excluding hydrogens is 528 g/mol. The Hall–Kier alpha value is -2.77. The second-order valence-corrected chi connectivity index (χ2v) is 10.7. The summed E-state index contributed by atoms with van der Waals surface area (Å²) in [5.74, 6) is -1.91. The third kappa shape index (κ3) is 7.87. The number of ether oxygens (including phenoxy) is 1. The van der Waals surface area contributed by atoms with Gasteiger partial charge < -0.3 is 10.1 Å². The molecule has 36 heavy (non-hydrogen) atoms. The summed E-state index contributed by atoms with van der Waals surface area (Å²) in [6.45, 7) is 0.595. The molecule has 2 atom stereocenters. The Bertz CT molecular complexity index is 1220. The van der Waals surface area contributed by atoms with Gasteiger partial charge in [0.05, 0.1) is 24.0 Å². The third-order valence-corrected chi connectivity index (χ3v) is 6.22. The predicted molar refractivity (Wildman–Crippen MR) is 124 cm³/mol. The number of aromatic nitrogens is 2. The Morgan fingerprint density at radius 2 is 1.94 bits per heavy atom. The standard InChI is InChI=1S/C22H23ClF4N4O4S/c1-13(6-7-36(2,33)34)30-21(32)20-28-8-15(9-29-20)35-19(16-4-3-5-17(24)18(16)23)14-10-31(11-14)12-22(25,26)27/h3-9,13-14,19H,10-12H2,1-2H3,(H,30,32)/b7-6+/t13-,19+/m1/s1. The van der Waals surface area contributed by atoms with E-state index in [-0.39, 0.29) is 35.2 Å². The van der Waals surface area contributed by atoms with Crippen LogP contribution < -0.4 is 10.1 Å². The zero-order valence-corrected chi connectivity index (χ0v) is 20.7. The number of nitrogens with one attached hydrogen (secondary N) is 1. The number of hydrogen-bond acceptors (Lipinski definition) is 7. The average Bonchev–Trinajstić information content (AvgIpc) is 2.74. The highest BCUT2D eigenvalue weighted by Gasteiger charge is 2.42. The van der Waals surface area contributed by atoms with Crippen LogP contribution >= 0.6 is 11.6 Å². The van der Waals surface area contributed by atoms with Crippen LogP contribution in [0, 0.1) is 11.7 Å². The van der Waals surface area contributed by atoms with E-state index < -0.39 is 52.3 Å². The zero-order chi connectivity index (χ0) is 26.7. The van der Waals surface area contributed by atoms with Gasteiger partial charge in [-0.3, -0.25) is 9.69 Å². The molecule has 0 saturated carbocycles. The van der Waals surface area contributed by atoms with Crippen molar-refractivity contribution in [2.45, 2.75) is 25.2 Å². The van der Waals surface area contributed by atoms with Gasteiger partial charge in [0, 0.05) is 42.3 Å². The van der Waals surface area contributed by atoms with Crippen molar-refractivity contribution < 1.29 is 35.5 Å². The SMILES string of the molecule is C[C@H](/C=C/S(C)(=O)=O)NC(=O)c1ncc(O[C@H](c2cccc(F)c2Cl)C2CN(CC(F)(F)F)C2)cn1. The molecule has 8 nitrogen and oxygen atoms in total. The molecule has 0 unspecified atom stereocenters. The number of hydrogen-bond donors (Lipinski definition) is 1. The highest BCUT2D eigenvalue weighted by molar-refractivity contribution is 7.93. The molecule has 0 aliphatic carbocycles. The molecule has 0 radical (unpaired) electrons. The van der Waals surface area contributed by atoms with E-state index in [0.29, 0.717) is 0 Å². The molecule has 14 heteroatoms. The zero-order valence-electron chi connectivity index (χ0n) is 19.2. The molecule has 2 aromatic rings. The lowest BCUT2D eigenvalue weighted by Gasteiger charge is -2.43. The number of nitrogens with zero attached hydrogens (tertiary/aromatic N) is 3. The van der Waals surface area contributed by atoms with Crippen molar-refractivity contribution in [1.82, 2.24) is 20.2 Å². The third-order valence-electron chi connectivity index (χ3n) is 5.17. The lowest BCUT2D eigenvalue weighted by Crippen LogP contribution is -2.53. The molecule has 196 valence electrons. The van der Waals surface area contributed by atoms with E-state index in [1.54, 1.807) is 6.92 Å². The van der Waals surface area contributed by atoms with Crippen LogP contribution in [0.25, 0.3) is 0 Å². The van der Waals surface area contributed by atoms with E-state index in [1.165, 1.54) is 35.5 Å². The van der Waals surface area contributed by atoms with Crippen molar-refractivity contribution in [2.75, 3.05) is 25.9 Å². The van der Waals surface area contributed by atoms with Crippen molar-refractivity contribution in [3.63, 3.8) is 0 Å². The molecule has 0 bridgehead atoms. The summed E-state index contributed by atoms with van der Waals surface area (Å²) in [4.78, 5) is 21.4. The Labute approximate surface area is 210 Å². The summed E-state index contributed by atoms with van der Waals surface area (Å²) in [5.41, 5.74) is 0.265. The molecule has 1 fully saturated rings. The maximum atomic E-state index is 14.1. The van der Waals surface area contributed by atoms with Gasteiger partial charge in [0.1, 0.15) is 11.9 Å². The summed E-state index contributed by atoms with van der Waals surface area (Å²) in [5, 5.41) is 3.27. The van der Waals surface area contributed by atoms with Gasteiger partial charge in [-0.1, -0.05) is 29.8 Å². The maximum absolute atomic E-state index is 14.1. The van der Waals surface area contributed by atoms with Crippen LogP contribution in [-0.4, -0.2) is 67.3 Å². The Balaban J connectivity index is 1.72. The second kappa shape index (κ2) is 11.1. The lowest BCUT2D eigenvalue weighted by atomic mass is 9.88. The fourth-order valence-corrected chi connectivity index (χ4v) is 4.31. The van der Waals surface area contributed by atoms with E-state index in [4.69, 9.17) is 16.3 Å². The molecule has 1 N–H and O–H groups in total. The Morgan fingerprint density at radius 1 is 1.31 bits per heavy atom. The van der Waals surface area contributed by atoms with Gasteiger partial charge in [-0.15, -0.1) is 0 Å². The second-order valence-electron chi connectivity index (χ2n) is 8.41. The first-order chi connectivity index (χ1) is 16.7. The predicted octanol–water partition coefficient (Wildman–Crippen LogP) is 3.56. The first-order valence-electron chi connectivity index (χ1n) is 10.6. The first-order valence-corrected chi connectivity index (χ1v) is 13.0. The largest absolute Gasteiger partial charge is 0.482 e. The number of carbonyl (C=O) groups excluding carboxylic acids is 1. The van der Waals surface area contributed by atoms with Crippen LogP contribution in [-0.2, 0) is 9.84 Å². The van der Waals surface area contributed by atoms with Crippen LogP contribution in [0.5, 0.6) is 5.75 Å². The van der Waals surface area contributed by atoms with Crippen LogP contribution in [0.15, 0.2) is 42.1 Å². The number of likely N-dealkylation sites (tertiary alicyclic amines) is 1. The van der Waals surface area contributed by atoms with Crippen molar-refractivity contribution >= 4 is 27.3 Å². The minimum atomic E-state index is -4.35. The molecule has 1 aromatic carbocycles. The monoisotopic (exact) mass is 550 g/mol. The van der Waals surface area contributed by atoms with E-state index in [0.717, 1.165) is 17.7 Å². The van der Waals surface area contributed by atoms with Gasteiger partial charge in [-0.25, -0.2) is 22.8 Å². The number of carbonyl (C=O) groups is 1. The normalized spacial score (nSPS) is 17.0. The van der Waals surface area contributed by atoms with Crippen LogP contribution in [0.3, 0.4) is 0 Å². The molecule has 0 spiro atoms. The van der Waals surface area contributed by atoms with Crippen molar-refractivity contribution in [1.29, 1.82) is 0 Å². The maximum Gasteiger partial charge on any atom is 0.401 e. The number of halogens is 5. The van der Waals surface area contributed by atoms with Crippen molar-refractivity contribution in [2.24, 2.45) is 5.92 Å². The Morgan fingerprint density at radius 3 is 2.53 bits per heavy atom. The minimum absolute atomic E-state index is 0.0528. The van der Waals surface area contributed by atoms with E-state index in [1.807, 2.05) is 0 Å². The summed E-state index contributed by atoms with van der Waals surface area (Å²) in [6, 6.07) is 3.48. The smallest absolute Gasteiger partial charge is 0.401 e. The lowest BCUT2D eigenvalue weighted by molar-refractivity contribution is -0.163. The number of sulfone groups is 1. The van der Waals surface area contributed by atoms with Crippen molar-refractivity contribution in [3.05, 3.63) is 64.3 Å². The molecular formula is C22H23ClF4N4O4S. The van der Waals surface area contributed by atoms with Gasteiger partial charge in [0.2, 0.25) is 5.82 Å². The Kier molecular flexibility index (Phi) is 8.57. The molecule has 1 saturated heterocycles. The number of rotatable bonds is 9. The molecule has 3 rings (SSSR count). The minimum Gasteiger partial charge on any atom is -0.482 e. The van der Waals surface area contributed by atoms with Crippen LogP contribution in [0.1, 0.15) is 29.2 Å². The van der Waals surface area contributed by atoms with Gasteiger partial charge in [-0.2, -0.15) is 13.2 Å². The first kappa shape index (κ1) is 27.8. The highest BCUT2D eigenvalue weighted by atomic mass is 35.5. The quantitative estimate of drug-likeness (QED) is 0.476. The van der Waals surface area contributed by atoms with E-state index in [2.05, 4.69) is 15.3 Å². The number of amides is 1. The van der Waals surface area contributed by atoms with Crippen molar-refractivity contribution in [3.8, 4) is 5.75 Å². The molecule has 2 heterocycles. The summed E-state index contributed by atoms with van der Waals surface area (Å²) >= 11 is 6.12. The fraction of sp³-hybridized carbons (Fsp3) is 0.409. The molecule has 1 aliphatic heterocycles. The molecule has 1 aromatic heterocycles. The summed E-state index contributed by atoms with van der Waals surface area (Å²) in [7, 11) is -3.35. The van der Waals surface area contributed by atoms with E-state index in [9.17, 15) is 30.8 Å². The van der Waals surface area contributed by atoms with E-state index >= 15 is 0 Å². The fourth-order valence-electron chi connectivity index (χ4n) is 3.56. The van der Waals surface area contributed by atoms with Gasteiger partial charge >= 0.3 is 6.18 Å². The van der Waals surface area contributed by atoms with Crippen LogP contribution in [0.2, 0.25) is 5.02 Å². The van der Waals surface area contributed by atoms with Gasteiger partial charge in [0.25, 0.3) is 5.91 Å². The molecule has 1 aliphatic rings. The number of benzene rings is 1. The molecule has 1 amide bonds. The average molecular weight is 551 g/mol. The van der Waals surface area contributed by atoms with Crippen LogP contribution in [0.4, 0.5) is 17.6 Å². The van der Waals surface area contributed by atoms with Gasteiger partial charge in [-0.05, 0) is 13.0 Å². The summed E-state index contributed by atoms with van der Waals surface area (Å²) in [6.07, 6.45) is -0.529.